The van der Waals surface area contributed by atoms with E-state index < -0.39 is 18.4 Å². The topological polar surface area (TPSA) is 63.6 Å². The highest BCUT2D eigenvalue weighted by atomic mass is 16.5. The number of ether oxygens (including phenoxy) is 1. The summed E-state index contributed by atoms with van der Waals surface area (Å²) in [5, 5.41) is 8.41. The maximum atomic E-state index is 11.0. The number of carbonyl (C=O) groups is 2. The lowest BCUT2D eigenvalue weighted by Crippen LogP contribution is -2.11. The van der Waals surface area contributed by atoms with Crippen molar-refractivity contribution in [3.63, 3.8) is 0 Å². The molecule has 0 heterocycles. The fourth-order valence-corrected chi connectivity index (χ4v) is 0.669. The third-order valence-corrected chi connectivity index (χ3v) is 1.14. The molecule has 0 aliphatic carbocycles. The Balaban J connectivity index is 4.45. The monoisotopic (exact) mass is 182 g/mol. The fourth-order valence-electron chi connectivity index (χ4n) is 0.669. The number of hydrogen-bond donors (Lipinski definition) is 1. The molecule has 0 aliphatic heterocycles. The predicted molar refractivity (Wildman–Crippen MR) is 45.8 cm³/mol. The van der Waals surface area contributed by atoms with Crippen LogP contribution in [0.3, 0.4) is 0 Å². The Hall–Kier alpha value is -1.76. The molecule has 0 radical (unpaired) electrons. The van der Waals surface area contributed by atoms with Gasteiger partial charge in [0.2, 0.25) is 0 Å². The first-order valence-electron chi connectivity index (χ1n) is 3.65. The molecule has 4 heteroatoms. The fraction of sp³-hybridized carbons (Fsp3) is 0.333. The second-order valence-electron chi connectivity index (χ2n) is 2.13. The van der Waals surface area contributed by atoms with Crippen molar-refractivity contribution >= 4 is 11.9 Å². The first-order valence-corrected chi connectivity index (χ1v) is 3.65. The Morgan fingerprint density at radius 3 is 2.62 bits per heavy atom. The van der Waals surface area contributed by atoms with E-state index in [1.54, 1.807) is 6.92 Å². The minimum atomic E-state index is -1.12. The molecule has 0 rings (SSSR count). The minimum absolute atomic E-state index is 0.0168. The Labute approximate surface area is 76.2 Å². The molecular weight excluding hydrogens is 172 g/mol. The van der Waals surface area contributed by atoms with Gasteiger partial charge in [0.15, 0.2) is 0 Å². The molecule has 13 heavy (non-hydrogen) atoms. The highest BCUT2D eigenvalue weighted by Gasteiger charge is 2.13. The molecule has 0 atom stereocenters. The molecule has 0 aromatic heterocycles. The zero-order chi connectivity index (χ0) is 10.3. The molecule has 0 aromatic carbocycles. The van der Waals surface area contributed by atoms with Crippen LogP contribution < -0.4 is 0 Å². The van der Waals surface area contributed by atoms with Crippen LogP contribution in [-0.2, 0) is 14.3 Å². The summed E-state index contributed by atoms with van der Waals surface area (Å²) in [5.41, 5.74) is -0.0168. The summed E-state index contributed by atoms with van der Waals surface area (Å²) in [7, 11) is 0. The average molecular weight is 182 g/mol. The number of terminal acetylenes is 1. The van der Waals surface area contributed by atoms with Crippen LogP contribution in [0.5, 0.6) is 0 Å². The molecule has 0 amide bonds. The van der Waals surface area contributed by atoms with Crippen molar-refractivity contribution in [2.24, 2.45) is 0 Å². The lowest BCUT2D eigenvalue weighted by Gasteiger charge is -2.02. The van der Waals surface area contributed by atoms with Gasteiger partial charge in [0.05, 0.1) is 18.6 Å². The Morgan fingerprint density at radius 2 is 2.23 bits per heavy atom. The second kappa shape index (κ2) is 5.84. The highest BCUT2D eigenvalue weighted by Crippen LogP contribution is 2.03. The smallest absolute Gasteiger partial charge is 0.335 e. The zero-order valence-electron chi connectivity index (χ0n) is 7.24. The lowest BCUT2D eigenvalue weighted by molar-refractivity contribution is -0.142. The van der Waals surface area contributed by atoms with E-state index in [1.165, 1.54) is 0 Å². The van der Waals surface area contributed by atoms with Crippen LogP contribution in [0.4, 0.5) is 0 Å². The molecule has 0 bridgehead atoms. The van der Waals surface area contributed by atoms with Gasteiger partial charge in [-0.25, -0.2) is 4.79 Å². The summed E-state index contributed by atoms with van der Waals surface area (Å²) >= 11 is 0. The number of rotatable bonds is 4. The lowest BCUT2D eigenvalue weighted by atomic mass is 10.2. The quantitative estimate of drug-likeness (QED) is 0.392. The number of carbonyl (C=O) groups excluding carboxylic acids is 1. The first-order chi connectivity index (χ1) is 6.11. The zero-order valence-corrected chi connectivity index (χ0v) is 7.24. The Bertz CT molecular complexity index is 270. The van der Waals surface area contributed by atoms with E-state index in [0.717, 1.165) is 6.08 Å². The van der Waals surface area contributed by atoms with Crippen molar-refractivity contribution in [1.82, 2.24) is 0 Å². The van der Waals surface area contributed by atoms with Gasteiger partial charge >= 0.3 is 11.9 Å². The molecule has 0 unspecified atom stereocenters. The largest absolute Gasteiger partial charge is 0.481 e. The molecule has 70 valence electrons. The first kappa shape index (κ1) is 11.2. The van der Waals surface area contributed by atoms with Gasteiger partial charge in [0.25, 0.3) is 0 Å². The predicted octanol–water partition coefficient (Wildman–Crippen LogP) is 0.584. The molecule has 1 N–H and O–H groups in total. The van der Waals surface area contributed by atoms with E-state index in [4.69, 9.17) is 11.5 Å². The van der Waals surface area contributed by atoms with Crippen LogP contribution in [-0.4, -0.2) is 23.7 Å². The van der Waals surface area contributed by atoms with Crippen molar-refractivity contribution in [1.29, 1.82) is 0 Å². The van der Waals surface area contributed by atoms with E-state index in [9.17, 15) is 9.59 Å². The number of esters is 1. The Kier molecular flexibility index (Phi) is 5.05. The van der Waals surface area contributed by atoms with Gasteiger partial charge in [-0.3, -0.25) is 4.79 Å². The third-order valence-electron chi connectivity index (χ3n) is 1.14. The minimum Gasteiger partial charge on any atom is -0.481 e. The number of carboxylic acids is 1. The molecule has 0 saturated carbocycles. The molecule has 0 aromatic rings. The number of hydrogen-bond acceptors (Lipinski definition) is 3. The van der Waals surface area contributed by atoms with Crippen molar-refractivity contribution in [2.45, 2.75) is 13.3 Å². The van der Waals surface area contributed by atoms with E-state index in [-0.39, 0.29) is 12.2 Å². The van der Waals surface area contributed by atoms with Gasteiger partial charge < -0.3 is 9.84 Å². The Morgan fingerprint density at radius 1 is 1.62 bits per heavy atom. The van der Waals surface area contributed by atoms with Crippen molar-refractivity contribution in [2.75, 3.05) is 6.61 Å². The summed E-state index contributed by atoms with van der Waals surface area (Å²) in [4.78, 5) is 21.3. The van der Waals surface area contributed by atoms with Crippen LogP contribution in [0.2, 0.25) is 0 Å². The molecular formula is C9H10O4. The maximum absolute atomic E-state index is 11.0. The number of carboxylic acid groups (broad SMARTS) is 1. The average Bonchev–Trinajstić information content (AvgIpc) is 2.03. The second-order valence-corrected chi connectivity index (χ2v) is 2.13. The van der Waals surface area contributed by atoms with Crippen molar-refractivity contribution in [3.05, 3.63) is 11.6 Å². The van der Waals surface area contributed by atoms with Gasteiger partial charge in [0, 0.05) is 0 Å². The highest BCUT2D eigenvalue weighted by molar-refractivity contribution is 5.93. The normalized spacial score (nSPS) is 10.3. The number of allylic oxidation sites excluding steroid dienone is 1. The summed E-state index contributed by atoms with van der Waals surface area (Å²) in [6.07, 6.45) is 5.60. The molecule has 4 nitrogen and oxygen atoms in total. The summed E-state index contributed by atoms with van der Waals surface area (Å²) in [6, 6.07) is 0. The van der Waals surface area contributed by atoms with Gasteiger partial charge in [-0.2, -0.15) is 0 Å². The third kappa shape index (κ3) is 4.64. The molecule has 0 aliphatic rings. The number of aliphatic carboxylic acids is 1. The van der Waals surface area contributed by atoms with Crippen LogP contribution in [0.15, 0.2) is 11.6 Å². The molecule has 0 fully saturated rings. The van der Waals surface area contributed by atoms with Gasteiger partial charge in [-0.15, -0.1) is 6.42 Å². The van der Waals surface area contributed by atoms with Crippen LogP contribution in [0, 0.1) is 12.3 Å². The maximum Gasteiger partial charge on any atom is 0.335 e. The van der Waals surface area contributed by atoms with E-state index in [0.29, 0.717) is 0 Å². The SMILES string of the molecule is C#C/C=C(\CC(=O)O)C(=O)OCC. The van der Waals surface area contributed by atoms with Crippen LogP contribution in [0.1, 0.15) is 13.3 Å². The van der Waals surface area contributed by atoms with E-state index >= 15 is 0 Å². The van der Waals surface area contributed by atoms with Gasteiger partial charge in [0.1, 0.15) is 0 Å². The summed E-state index contributed by atoms with van der Waals surface area (Å²) in [5.74, 6) is 0.292. The van der Waals surface area contributed by atoms with Crippen LogP contribution in [0.25, 0.3) is 0 Å². The van der Waals surface area contributed by atoms with E-state index in [1.807, 2.05) is 0 Å². The molecule has 0 saturated heterocycles. The summed E-state index contributed by atoms with van der Waals surface area (Å²) in [6.45, 7) is 1.83. The molecule has 0 spiro atoms. The summed E-state index contributed by atoms with van der Waals surface area (Å²) < 4.78 is 4.59. The van der Waals surface area contributed by atoms with Crippen LogP contribution >= 0.6 is 0 Å². The van der Waals surface area contributed by atoms with Gasteiger partial charge in [-0.05, 0) is 13.0 Å². The van der Waals surface area contributed by atoms with Crippen molar-refractivity contribution < 1.29 is 19.4 Å². The van der Waals surface area contributed by atoms with E-state index in [2.05, 4.69) is 10.7 Å². The van der Waals surface area contributed by atoms with Gasteiger partial charge in [-0.1, -0.05) is 5.92 Å². The van der Waals surface area contributed by atoms with Crippen molar-refractivity contribution in [3.8, 4) is 12.3 Å². The standard InChI is InChI=1S/C9H10O4/c1-3-5-7(6-8(10)11)9(12)13-4-2/h1,5H,4,6H2,2H3,(H,10,11)/b7-5+.